The van der Waals surface area contributed by atoms with Crippen LogP contribution in [0.3, 0.4) is 0 Å². The van der Waals surface area contributed by atoms with Crippen molar-refractivity contribution in [2.24, 2.45) is 0 Å². The number of hydrogen-bond acceptors (Lipinski definition) is 2. The van der Waals surface area contributed by atoms with Gasteiger partial charge in [-0.25, -0.2) is 0 Å². The SMILES string of the molecule is CCCCNC(=S)[S][Mo]. The number of thiocarbonyl (C=S) groups is 1. The number of rotatable bonds is 3. The monoisotopic (exact) mass is 246 g/mol. The fourth-order valence-electron chi connectivity index (χ4n) is 0.397. The second-order valence-electron chi connectivity index (χ2n) is 1.65. The van der Waals surface area contributed by atoms with E-state index in [4.69, 9.17) is 12.2 Å². The van der Waals surface area contributed by atoms with E-state index >= 15 is 0 Å². The second kappa shape index (κ2) is 7.04. The van der Waals surface area contributed by atoms with Crippen molar-refractivity contribution < 1.29 is 18.5 Å². The standard InChI is InChI=1S/C5H11NS2.Mo/c1-2-3-4-6-5(7)8;/h2-4H2,1H3,(H2,6,7,8);/q;+1/p-1. The molecule has 0 aromatic carbocycles. The van der Waals surface area contributed by atoms with Gasteiger partial charge in [0.1, 0.15) is 0 Å². The third-order valence-electron chi connectivity index (χ3n) is 0.875. The molecule has 0 atom stereocenters. The minimum absolute atomic E-state index is 0.910. The molecule has 0 aliphatic rings. The van der Waals surface area contributed by atoms with Crippen LogP contribution in [0.15, 0.2) is 0 Å². The minimum atomic E-state index is 0.910. The summed E-state index contributed by atoms with van der Waals surface area (Å²) in [5.74, 6) is 0. The van der Waals surface area contributed by atoms with Crippen LogP contribution in [0.5, 0.6) is 0 Å². The van der Waals surface area contributed by atoms with E-state index in [2.05, 4.69) is 12.2 Å². The number of unbranched alkanes of at least 4 members (excludes halogenated alkanes) is 1. The molecule has 4 heteroatoms. The molecule has 0 saturated heterocycles. The van der Waals surface area contributed by atoms with Crippen LogP contribution in [0.4, 0.5) is 0 Å². The Morgan fingerprint density at radius 3 is 2.89 bits per heavy atom. The van der Waals surface area contributed by atoms with Crippen molar-refractivity contribution in [2.45, 2.75) is 19.8 Å². The molecule has 0 fully saturated rings. The van der Waals surface area contributed by atoms with Gasteiger partial charge >= 0.3 is 76.2 Å². The van der Waals surface area contributed by atoms with Gasteiger partial charge in [0.15, 0.2) is 0 Å². The summed E-state index contributed by atoms with van der Waals surface area (Å²) in [6, 6.07) is 0. The molecule has 53 valence electrons. The molecule has 0 rings (SSSR count). The van der Waals surface area contributed by atoms with Crippen molar-refractivity contribution in [3.05, 3.63) is 0 Å². The van der Waals surface area contributed by atoms with Crippen LogP contribution in [0, 0.1) is 0 Å². The molecule has 0 unspecified atom stereocenters. The Kier molecular flexibility index (Phi) is 7.77. The molecule has 0 aromatic heterocycles. The Morgan fingerprint density at radius 2 is 2.44 bits per heavy atom. The Labute approximate surface area is 76.0 Å². The summed E-state index contributed by atoms with van der Waals surface area (Å²) in [6.45, 7) is 3.20. The molecule has 0 aromatic rings. The van der Waals surface area contributed by atoms with Gasteiger partial charge < -0.3 is 0 Å². The normalized spacial score (nSPS) is 9.00. The summed E-state index contributed by atoms with van der Waals surface area (Å²) in [6.07, 6.45) is 2.44. The van der Waals surface area contributed by atoms with Gasteiger partial charge in [-0.15, -0.1) is 0 Å². The third kappa shape index (κ3) is 6.82. The predicted octanol–water partition coefficient (Wildman–Crippen LogP) is 1.86. The molecule has 0 amide bonds. The quantitative estimate of drug-likeness (QED) is 0.462. The van der Waals surface area contributed by atoms with Crippen LogP contribution >= 0.6 is 21.7 Å². The van der Waals surface area contributed by atoms with E-state index in [1.54, 1.807) is 9.47 Å². The van der Waals surface area contributed by atoms with Crippen LogP contribution < -0.4 is 5.32 Å². The van der Waals surface area contributed by atoms with Crippen molar-refractivity contribution in [3.63, 3.8) is 0 Å². The van der Waals surface area contributed by atoms with E-state index in [9.17, 15) is 0 Å². The number of nitrogens with one attached hydrogen (secondary N) is 1. The topological polar surface area (TPSA) is 12.0 Å². The van der Waals surface area contributed by atoms with E-state index in [1.807, 2.05) is 18.5 Å². The molecule has 0 radical (unpaired) electrons. The average molecular weight is 244 g/mol. The summed E-state index contributed by atoms with van der Waals surface area (Å²) < 4.78 is 0.910. The first-order chi connectivity index (χ1) is 4.31. The Bertz CT molecular complexity index is 87.0. The summed E-state index contributed by atoms with van der Waals surface area (Å²) in [4.78, 5) is 0. The maximum absolute atomic E-state index is 4.92. The van der Waals surface area contributed by atoms with Crippen molar-refractivity contribution in [3.8, 4) is 0 Å². The number of hydrogen-bond donors (Lipinski definition) is 1. The molecule has 0 bridgehead atoms. The molecule has 0 spiro atoms. The maximum atomic E-state index is 4.92. The Morgan fingerprint density at radius 1 is 1.78 bits per heavy atom. The van der Waals surface area contributed by atoms with Crippen molar-refractivity contribution >= 4 is 26.0 Å². The summed E-state index contributed by atoms with van der Waals surface area (Å²) in [5.41, 5.74) is 0. The summed E-state index contributed by atoms with van der Waals surface area (Å²) in [7, 11) is 1.61. The second-order valence-corrected chi connectivity index (χ2v) is 4.12. The molecule has 0 aliphatic carbocycles. The van der Waals surface area contributed by atoms with E-state index in [1.165, 1.54) is 12.8 Å². The van der Waals surface area contributed by atoms with Gasteiger partial charge in [-0.05, 0) is 0 Å². The van der Waals surface area contributed by atoms with Gasteiger partial charge in [0.25, 0.3) is 0 Å². The molecule has 0 aliphatic heterocycles. The molecule has 1 nitrogen and oxygen atoms in total. The third-order valence-corrected chi connectivity index (χ3v) is 3.64. The molecular weight excluding hydrogens is 234 g/mol. The fraction of sp³-hybridized carbons (Fsp3) is 0.800. The van der Waals surface area contributed by atoms with Crippen molar-refractivity contribution in [2.75, 3.05) is 6.54 Å². The van der Waals surface area contributed by atoms with Gasteiger partial charge in [-0.2, -0.15) is 0 Å². The van der Waals surface area contributed by atoms with E-state index in [-0.39, 0.29) is 0 Å². The van der Waals surface area contributed by atoms with E-state index in [0.29, 0.717) is 0 Å². The molecule has 1 N–H and O–H groups in total. The molecule has 0 heterocycles. The van der Waals surface area contributed by atoms with Gasteiger partial charge in [0, 0.05) is 0 Å². The molecule has 9 heavy (non-hydrogen) atoms. The summed E-state index contributed by atoms with van der Waals surface area (Å²) >= 11 is 6.85. The van der Waals surface area contributed by atoms with Crippen molar-refractivity contribution in [1.29, 1.82) is 0 Å². The van der Waals surface area contributed by atoms with Gasteiger partial charge in [-0.1, -0.05) is 0 Å². The fourth-order valence-corrected chi connectivity index (χ4v) is 1.09. The van der Waals surface area contributed by atoms with Crippen molar-refractivity contribution in [1.82, 2.24) is 5.32 Å². The van der Waals surface area contributed by atoms with E-state index < -0.39 is 0 Å². The molecule has 0 saturated carbocycles. The van der Waals surface area contributed by atoms with E-state index in [0.717, 1.165) is 10.9 Å². The zero-order valence-electron chi connectivity index (χ0n) is 5.35. The van der Waals surface area contributed by atoms with Gasteiger partial charge in [-0.3, -0.25) is 0 Å². The predicted molar refractivity (Wildman–Crippen MR) is 43.1 cm³/mol. The van der Waals surface area contributed by atoms with Crippen LogP contribution in [-0.4, -0.2) is 10.9 Å². The van der Waals surface area contributed by atoms with Gasteiger partial charge in [0.05, 0.1) is 0 Å². The van der Waals surface area contributed by atoms with Crippen LogP contribution in [0.1, 0.15) is 19.8 Å². The first-order valence-corrected chi connectivity index (χ1v) is 6.49. The van der Waals surface area contributed by atoms with Crippen LogP contribution in [-0.2, 0) is 18.5 Å². The average Bonchev–Trinajstić information content (AvgIpc) is 1.89. The Balaban J connectivity index is 2.97. The van der Waals surface area contributed by atoms with Crippen LogP contribution in [0.25, 0.3) is 0 Å². The van der Waals surface area contributed by atoms with Crippen LogP contribution in [0.2, 0.25) is 0 Å². The zero-order valence-corrected chi connectivity index (χ0v) is 8.99. The molecular formula is C5H10MoNS2. The zero-order chi connectivity index (χ0) is 7.11. The summed E-state index contributed by atoms with van der Waals surface area (Å²) in [5, 5.41) is 3.13. The first-order valence-electron chi connectivity index (χ1n) is 2.89. The Hall–Kier alpha value is 0.928. The van der Waals surface area contributed by atoms with Gasteiger partial charge in [0.2, 0.25) is 0 Å². The first kappa shape index (κ1) is 9.93.